The van der Waals surface area contributed by atoms with Crippen LogP contribution in [0.3, 0.4) is 0 Å². The van der Waals surface area contributed by atoms with Gasteiger partial charge in [-0.3, -0.25) is 4.79 Å². The van der Waals surface area contributed by atoms with Crippen molar-refractivity contribution >= 4 is 55.7 Å². The Morgan fingerprint density at radius 2 is 1.87 bits per heavy atom. The van der Waals surface area contributed by atoms with E-state index in [9.17, 15) is 4.79 Å². The normalized spacial score (nSPS) is 9.53. The number of carbonyl (C=O) groups is 1. The lowest BCUT2D eigenvalue weighted by molar-refractivity contribution is 0.0993. The summed E-state index contributed by atoms with van der Waals surface area (Å²) >= 11 is 6.58. The third-order valence-electron chi connectivity index (χ3n) is 1.74. The molecule has 0 aliphatic rings. The molecule has 0 saturated heterocycles. The number of anilines is 1. The van der Waals surface area contributed by atoms with E-state index in [2.05, 4.69) is 37.2 Å². The van der Waals surface area contributed by atoms with E-state index < -0.39 is 0 Å². The van der Waals surface area contributed by atoms with Crippen LogP contribution in [0.2, 0.25) is 0 Å². The van der Waals surface area contributed by atoms with E-state index in [-0.39, 0.29) is 18.2 Å². The summed E-state index contributed by atoms with van der Waals surface area (Å²) in [4.78, 5) is 11.5. The molecule has 3 N–H and O–H groups in total. The first-order chi connectivity index (χ1) is 6.56. The Kier molecular flexibility index (Phi) is 6.43. The zero-order chi connectivity index (χ0) is 10.7. The van der Waals surface area contributed by atoms with Gasteiger partial charge < -0.3 is 11.1 Å². The lowest BCUT2D eigenvalue weighted by atomic mass is 10.1. The largest absolute Gasteiger partial charge is 0.397 e. The summed E-state index contributed by atoms with van der Waals surface area (Å²) in [7, 11) is 1.74. The number of halogens is 3. The number of Topliss-reactive ketones (excluding diaryl/α,β-unsaturated/α-hetero) is 1. The maximum atomic E-state index is 11.5. The second kappa shape index (κ2) is 6.48. The minimum Gasteiger partial charge on any atom is -0.397 e. The van der Waals surface area contributed by atoms with Gasteiger partial charge in [0.2, 0.25) is 0 Å². The molecule has 84 valence electrons. The molecule has 3 nitrogen and oxygen atoms in total. The number of benzene rings is 1. The summed E-state index contributed by atoms with van der Waals surface area (Å²) in [5.41, 5.74) is 6.94. The third kappa shape index (κ3) is 3.75. The summed E-state index contributed by atoms with van der Waals surface area (Å²) in [6, 6.07) is 3.44. The van der Waals surface area contributed by atoms with Gasteiger partial charge in [-0.25, -0.2) is 0 Å². The molecule has 0 aliphatic carbocycles. The molecule has 1 rings (SSSR count). The fourth-order valence-corrected chi connectivity index (χ4v) is 2.19. The maximum Gasteiger partial charge on any atom is 0.176 e. The monoisotopic (exact) mass is 356 g/mol. The minimum absolute atomic E-state index is 0. The molecule has 1 aromatic rings. The van der Waals surface area contributed by atoms with Crippen LogP contribution in [0.15, 0.2) is 21.1 Å². The highest BCUT2D eigenvalue weighted by molar-refractivity contribution is 9.11. The Balaban J connectivity index is 0.00000196. The predicted molar refractivity (Wildman–Crippen MR) is 71.8 cm³/mol. The van der Waals surface area contributed by atoms with Crippen molar-refractivity contribution in [3.8, 4) is 0 Å². The molecule has 0 saturated carbocycles. The van der Waals surface area contributed by atoms with Gasteiger partial charge in [0.1, 0.15) is 0 Å². The molecule has 15 heavy (non-hydrogen) atoms. The Labute approximate surface area is 111 Å². The van der Waals surface area contributed by atoms with E-state index in [0.29, 0.717) is 17.8 Å². The van der Waals surface area contributed by atoms with E-state index in [4.69, 9.17) is 5.73 Å². The number of ketones is 1. The maximum absolute atomic E-state index is 11.5. The average molecular weight is 358 g/mol. The van der Waals surface area contributed by atoms with Gasteiger partial charge in [-0.15, -0.1) is 12.4 Å². The predicted octanol–water partition coefficient (Wildman–Crippen LogP) is 2.62. The van der Waals surface area contributed by atoms with E-state index in [1.54, 1.807) is 19.2 Å². The van der Waals surface area contributed by atoms with Gasteiger partial charge in [0.15, 0.2) is 5.78 Å². The van der Waals surface area contributed by atoms with Crippen LogP contribution >= 0.6 is 44.3 Å². The highest BCUT2D eigenvalue weighted by Gasteiger charge is 2.09. The van der Waals surface area contributed by atoms with Gasteiger partial charge >= 0.3 is 0 Å². The first-order valence-corrected chi connectivity index (χ1v) is 5.57. The Hall–Kier alpha value is -0.100. The van der Waals surface area contributed by atoms with E-state index in [1.165, 1.54) is 0 Å². The van der Waals surface area contributed by atoms with E-state index in [0.717, 1.165) is 8.95 Å². The number of nitrogen functional groups attached to an aromatic ring is 1. The molecule has 0 radical (unpaired) electrons. The van der Waals surface area contributed by atoms with Gasteiger partial charge in [0.25, 0.3) is 0 Å². The zero-order valence-corrected chi connectivity index (χ0v) is 12.0. The molecule has 0 amide bonds. The van der Waals surface area contributed by atoms with Crippen LogP contribution in [-0.2, 0) is 0 Å². The number of hydrogen-bond acceptors (Lipinski definition) is 3. The number of hydrogen-bond donors (Lipinski definition) is 2. The van der Waals surface area contributed by atoms with Gasteiger partial charge in [-0.1, -0.05) is 0 Å². The van der Waals surface area contributed by atoms with Crippen LogP contribution in [0.4, 0.5) is 5.69 Å². The van der Waals surface area contributed by atoms with Crippen LogP contribution in [-0.4, -0.2) is 19.4 Å². The van der Waals surface area contributed by atoms with Crippen molar-refractivity contribution < 1.29 is 4.79 Å². The van der Waals surface area contributed by atoms with Gasteiger partial charge in [0.05, 0.1) is 12.2 Å². The number of rotatable bonds is 3. The topological polar surface area (TPSA) is 55.1 Å². The first kappa shape index (κ1) is 14.9. The number of carbonyl (C=O) groups excluding carboxylic acids is 1. The molecule has 0 bridgehead atoms. The molecule has 0 spiro atoms. The standard InChI is InChI=1S/C9H10Br2N2O.ClH/c1-13-4-8(14)5-2-6(10)9(12)7(11)3-5;/h2-3,13H,4,12H2,1H3;1H. The SMILES string of the molecule is CNCC(=O)c1cc(Br)c(N)c(Br)c1.Cl. The fraction of sp³-hybridized carbons (Fsp3) is 0.222. The smallest absolute Gasteiger partial charge is 0.176 e. The molecule has 0 atom stereocenters. The molecule has 6 heteroatoms. The molecule has 0 fully saturated rings. The molecule has 1 aromatic carbocycles. The molecule has 0 aromatic heterocycles. The van der Waals surface area contributed by atoms with Crippen LogP contribution < -0.4 is 11.1 Å². The highest BCUT2D eigenvalue weighted by Crippen LogP contribution is 2.29. The van der Waals surface area contributed by atoms with Crippen molar-refractivity contribution in [2.75, 3.05) is 19.3 Å². The molecular weight excluding hydrogens is 347 g/mol. The second-order valence-corrected chi connectivity index (χ2v) is 4.52. The van der Waals surface area contributed by atoms with Crippen LogP contribution in [0, 0.1) is 0 Å². The van der Waals surface area contributed by atoms with E-state index in [1.807, 2.05) is 0 Å². The summed E-state index contributed by atoms with van der Waals surface area (Å²) in [6.07, 6.45) is 0. The van der Waals surface area contributed by atoms with Crippen LogP contribution in [0.1, 0.15) is 10.4 Å². The lowest BCUT2D eigenvalue weighted by Gasteiger charge is -2.05. The summed E-state index contributed by atoms with van der Waals surface area (Å²) in [5.74, 6) is 0.0360. The van der Waals surface area contributed by atoms with Crippen molar-refractivity contribution in [1.29, 1.82) is 0 Å². The van der Waals surface area contributed by atoms with Crippen LogP contribution in [0.25, 0.3) is 0 Å². The van der Waals surface area contributed by atoms with Crippen molar-refractivity contribution in [1.82, 2.24) is 5.32 Å². The van der Waals surface area contributed by atoms with Crippen molar-refractivity contribution in [3.05, 3.63) is 26.6 Å². The van der Waals surface area contributed by atoms with Gasteiger partial charge in [0, 0.05) is 14.5 Å². The quantitative estimate of drug-likeness (QED) is 0.645. The first-order valence-electron chi connectivity index (χ1n) is 3.98. The molecule has 0 heterocycles. The third-order valence-corrected chi connectivity index (χ3v) is 3.05. The second-order valence-electron chi connectivity index (χ2n) is 2.81. The van der Waals surface area contributed by atoms with E-state index >= 15 is 0 Å². The Morgan fingerprint density at radius 1 is 1.40 bits per heavy atom. The zero-order valence-electron chi connectivity index (χ0n) is 8.01. The van der Waals surface area contributed by atoms with Gasteiger partial charge in [-0.05, 0) is 51.0 Å². The minimum atomic E-state index is 0. The van der Waals surface area contributed by atoms with Crippen molar-refractivity contribution in [2.45, 2.75) is 0 Å². The number of nitrogens with one attached hydrogen (secondary N) is 1. The molecular formula is C9H11Br2ClN2O. The number of nitrogens with two attached hydrogens (primary N) is 1. The Bertz CT molecular complexity index is 348. The van der Waals surface area contributed by atoms with Crippen molar-refractivity contribution in [3.63, 3.8) is 0 Å². The summed E-state index contributed by atoms with van der Waals surface area (Å²) in [5, 5.41) is 2.81. The summed E-state index contributed by atoms with van der Waals surface area (Å²) in [6.45, 7) is 0.322. The summed E-state index contributed by atoms with van der Waals surface area (Å²) < 4.78 is 1.46. The molecule has 0 aliphatic heterocycles. The van der Waals surface area contributed by atoms with Gasteiger partial charge in [-0.2, -0.15) is 0 Å². The molecule has 0 unspecified atom stereocenters. The fourth-order valence-electron chi connectivity index (χ4n) is 1.01. The number of likely N-dealkylation sites (N-methyl/N-ethyl adjacent to an activating group) is 1. The Morgan fingerprint density at radius 3 is 2.27 bits per heavy atom. The lowest BCUT2D eigenvalue weighted by Crippen LogP contribution is -2.18. The van der Waals surface area contributed by atoms with Crippen LogP contribution in [0.5, 0.6) is 0 Å². The average Bonchev–Trinajstić information content (AvgIpc) is 2.13. The highest BCUT2D eigenvalue weighted by atomic mass is 79.9. The van der Waals surface area contributed by atoms with Crippen molar-refractivity contribution in [2.24, 2.45) is 0 Å².